The Morgan fingerprint density at radius 1 is 1.38 bits per heavy atom. The van der Waals surface area contributed by atoms with E-state index in [0.29, 0.717) is 25.3 Å². The summed E-state index contributed by atoms with van der Waals surface area (Å²) < 4.78 is 5.33. The molecule has 1 unspecified atom stereocenters. The Balaban J connectivity index is 1.79. The van der Waals surface area contributed by atoms with Gasteiger partial charge in [-0.25, -0.2) is 0 Å². The lowest BCUT2D eigenvalue weighted by molar-refractivity contribution is -0.132. The lowest BCUT2D eigenvalue weighted by Gasteiger charge is -2.30. The maximum Gasteiger partial charge on any atom is 0.223 e. The molecule has 5 nitrogen and oxygen atoms in total. The maximum atomic E-state index is 12.4. The molecule has 1 saturated heterocycles. The zero-order valence-corrected chi connectivity index (χ0v) is 12.7. The number of hydrogen-bond donors (Lipinski definition) is 0. The molecule has 0 aromatic rings. The van der Waals surface area contributed by atoms with E-state index < -0.39 is 0 Å². The first-order valence-electron chi connectivity index (χ1n) is 7.91. The molecule has 21 heavy (non-hydrogen) atoms. The summed E-state index contributed by atoms with van der Waals surface area (Å²) in [6.07, 6.45) is 7.49. The molecule has 0 bridgehead atoms. The summed E-state index contributed by atoms with van der Waals surface area (Å²) in [5.74, 6) is 0.584. The molecule has 0 spiro atoms. The van der Waals surface area contributed by atoms with Crippen molar-refractivity contribution in [1.29, 1.82) is 5.26 Å². The molecule has 0 saturated carbocycles. The molecule has 0 aromatic carbocycles. The van der Waals surface area contributed by atoms with Gasteiger partial charge in [0.2, 0.25) is 5.91 Å². The van der Waals surface area contributed by atoms with E-state index in [0.717, 1.165) is 52.2 Å². The number of amides is 1. The average molecular weight is 291 g/mol. The van der Waals surface area contributed by atoms with E-state index >= 15 is 0 Å². The second kappa shape index (κ2) is 8.81. The van der Waals surface area contributed by atoms with Crippen LogP contribution < -0.4 is 0 Å². The standard InChI is InChI=1S/C16H25N3O2/c17-6-3-7-19(9-8-18-10-12-21-13-11-18)16(20)14-15-4-1-2-5-15/h1,4,15H,2-3,5,7-14H2. The molecule has 116 valence electrons. The van der Waals surface area contributed by atoms with Crippen molar-refractivity contribution in [2.24, 2.45) is 5.92 Å². The zero-order valence-electron chi connectivity index (χ0n) is 12.7. The summed E-state index contributed by atoms with van der Waals surface area (Å²) in [5, 5.41) is 8.77. The van der Waals surface area contributed by atoms with Crippen LogP contribution in [-0.2, 0) is 9.53 Å². The van der Waals surface area contributed by atoms with Crippen LogP contribution >= 0.6 is 0 Å². The minimum Gasteiger partial charge on any atom is -0.379 e. The van der Waals surface area contributed by atoms with Gasteiger partial charge in [-0.3, -0.25) is 9.69 Å². The van der Waals surface area contributed by atoms with Crippen molar-refractivity contribution < 1.29 is 9.53 Å². The Hall–Kier alpha value is -1.38. The van der Waals surface area contributed by atoms with Crippen LogP contribution in [0.15, 0.2) is 12.2 Å². The quantitative estimate of drug-likeness (QED) is 0.666. The number of allylic oxidation sites excluding steroid dienone is 2. The van der Waals surface area contributed by atoms with Crippen molar-refractivity contribution in [3.63, 3.8) is 0 Å². The lowest BCUT2D eigenvalue weighted by Crippen LogP contribution is -2.43. The van der Waals surface area contributed by atoms with Crippen LogP contribution in [0, 0.1) is 17.2 Å². The molecular formula is C16H25N3O2. The maximum absolute atomic E-state index is 12.4. The second-order valence-electron chi connectivity index (χ2n) is 5.71. The lowest BCUT2D eigenvalue weighted by atomic mass is 10.0. The molecule has 0 N–H and O–H groups in total. The van der Waals surface area contributed by atoms with Gasteiger partial charge in [-0.1, -0.05) is 12.2 Å². The predicted octanol–water partition coefficient (Wildman–Crippen LogP) is 1.42. The zero-order chi connectivity index (χ0) is 14.9. The van der Waals surface area contributed by atoms with Crippen molar-refractivity contribution in [3.05, 3.63) is 12.2 Å². The molecular weight excluding hydrogens is 266 g/mol. The Morgan fingerprint density at radius 2 is 2.19 bits per heavy atom. The first-order valence-corrected chi connectivity index (χ1v) is 7.91. The third-order valence-electron chi connectivity index (χ3n) is 4.19. The number of rotatable bonds is 7. The number of carbonyl (C=O) groups excluding carboxylic acids is 1. The molecule has 1 heterocycles. The van der Waals surface area contributed by atoms with Gasteiger partial charge in [0, 0.05) is 39.1 Å². The van der Waals surface area contributed by atoms with Gasteiger partial charge >= 0.3 is 0 Å². The summed E-state index contributed by atoms with van der Waals surface area (Å²) in [6.45, 7) is 5.57. The molecule has 1 atom stereocenters. The van der Waals surface area contributed by atoms with Crippen molar-refractivity contribution in [2.75, 3.05) is 45.9 Å². The molecule has 1 amide bonds. The van der Waals surface area contributed by atoms with Crippen LogP contribution in [0.2, 0.25) is 0 Å². The normalized spacial score (nSPS) is 22.1. The summed E-state index contributed by atoms with van der Waals surface area (Å²) in [6, 6.07) is 2.14. The van der Waals surface area contributed by atoms with Crippen LogP contribution in [0.3, 0.4) is 0 Å². The van der Waals surface area contributed by atoms with Gasteiger partial charge in [0.15, 0.2) is 0 Å². The third-order valence-corrected chi connectivity index (χ3v) is 4.19. The van der Waals surface area contributed by atoms with Gasteiger partial charge in [-0.15, -0.1) is 0 Å². The van der Waals surface area contributed by atoms with E-state index in [2.05, 4.69) is 23.1 Å². The minimum absolute atomic E-state index is 0.190. The smallest absolute Gasteiger partial charge is 0.223 e. The molecule has 2 aliphatic rings. The highest BCUT2D eigenvalue weighted by atomic mass is 16.5. The van der Waals surface area contributed by atoms with Crippen LogP contribution in [0.1, 0.15) is 25.7 Å². The van der Waals surface area contributed by atoms with E-state index in [1.165, 1.54) is 0 Å². The van der Waals surface area contributed by atoms with E-state index in [1.807, 2.05) is 4.90 Å². The topological polar surface area (TPSA) is 56.6 Å². The monoisotopic (exact) mass is 291 g/mol. The fraction of sp³-hybridized carbons (Fsp3) is 0.750. The summed E-state index contributed by atoms with van der Waals surface area (Å²) >= 11 is 0. The fourth-order valence-electron chi connectivity index (χ4n) is 2.85. The number of ether oxygens (including phenoxy) is 1. The number of morpholine rings is 1. The molecule has 0 aromatic heterocycles. The van der Waals surface area contributed by atoms with Gasteiger partial charge in [-0.05, 0) is 18.8 Å². The highest BCUT2D eigenvalue weighted by Crippen LogP contribution is 2.21. The van der Waals surface area contributed by atoms with E-state index in [4.69, 9.17) is 10.00 Å². The van der Waals surface area contributed by atoms with E-state index in [9.17, 15) is 4.79 Å². The third kappa shape index (κ3) is 5.49. The summed E-state index contributed by atoms with van der Waals surface area (Å²) in [4.78, 5) is 16.6. The Morgan fingerprint density at radius 3 is 2.86 bits per heavy atom. The fourth-order valence-corrected chi connectivity index (χ4v) is 2.85. The van der Waals surface area contributed by atoms with Gasteiger partial charge in [0.1, 0.15) is 0 Å². The molecule has 1 aliphatic heterocycles. The van der Waals surface area contributed by atoms with Gasteiger partial charge < -0.3 is 9.64 Å². The molecule has 5 heteroatoms. The van der Waals surface area contributed by atoms with E-state index in [1.54, 1.807) is 0 Å². The molecule has 1 fully saturated rings. The van der Waals surface area contributed by atoms with Gasteiger partial charge in [0.05, 0.1) is 25.7 Å². The highest BCUT2D eigenvalue weighted by molar-refractivity contribution is 5.76. The number of hydrogen-bond acceptors (Lipinski definition) is 4. The second-order valence-corrected chi connectivity index (χ2v) is 5.71. The Labute approximate surface area is 127 Å². The highest BCUT2D eigenvalue weighted by Gasteiger charge is 2.20. The van der Waals surface area contributed by atoms with Gasteiger partial charge in [0.25, 0.3) is 0 Å². The van der Waals surface area contributed by atoms with Crippen molar-refractivity contribution in [1.82, 2.24) is 9.80 Å². The number of carbonyl (C=O) groups is 1. The molecule has 1 aliphatic carbocycles. The van der Waals surface area contributed by atoms with Crippen molar-refractivity contribution in [3.8, 4) is 6.07 Å². The van der Waals surface area contributed by atoms with E-state index in [-0.39, 0.29) is 5.91 Å². The van der Waals surface area contributed by atoms with Crippen molar-refractivity contribution >= 4 is 5.91 Å². The van der Waals surface area contributed by atoms with Crippen LogP contribution in [0.5, 0.6) is 0 Å². The minimum atomic E-state index is 0.190. The summed E-state index contributed by atoms with van der Waals surface area (Å²) in [5.41, 5.74) is 0. The largest absolute Gasteiger partial charge is 0.379 e. The first kappa shape index (κ1) is 16.0. The molecule has 2 rings (SSSR count). The Bertz CT molecular complexity index is 397. The van der Waals surface area contributed by atoms with Crippen LogP contribution in [0.25, 0.3) is 0 Å². The number of nitriles is 1. The first-order chi connectivity index (χ1) is 10.3. The SMILES string of the molecule is N#CCCN(CCN1CCOCC1)C(=O)CC1C=CCC1. The van der Waals surface area contributed by atoms with Gasteiger partial charge in [-0.2, -0.15) is 5.26 Å². The van der Waals surface area contributed by atoms with Crippen LogP contribution in [0.4, 0.5) is 0 Å². The molecule has 0 radical (unpaired) electrons. The average Bonchev–Trinajstić information content (AvgIpc) is 3.01. The van der Waals surface area contributed by atoms with Crippen molar-refractivity contribution in [2.45, 2.75) is 25.7 Å². The predicted molar refractivity (Wildman–Crippen MR) is 80.6 cm³/mol. The number of nitrogens with zero attached hydrogens (tertiary/aromatic N) is 3. The summed E-state index contributed by atoms with van der Waals surface area (Å²) in [7, 11) is 0. The van der Waals surface area contributed by atoms with Crippen LogP contribution in [-0.4, -0.2) is 61.6 Å². The Kier molecular flexibility index (Phi) is 6.71.